The number of fused-ring (bicyclic) bond motifs is 1. The summed E-state index contributed by atoms with van der Waals surface area (Å²) in [6.07, 6.45) is 10.7. The van der Waals surface area contributed by atoms with Crippen LogP contribution in [0.2, 0.25) is 0 Å². The maximum atomic E-state index is 4.61. The van der Waals surface area contributed by atoms with Crippen molar-refractivity contribution in [1.82, 2.24) is 20.3 Å². The lowest BCUT2D eigenvalue weighted by Gasteiger charge is -2.25. The molecule has 0 fully saturated rings. The fraction of sp³-hybridized carbons (Fsp3) is 0.438. The van der Waals surface area contributed by atoms with Gasteiger partial charge in [0, 0.05) is 41.8 Å². The van der Waals surface area contributed by atoms with Crippen molar-refractivity contribution in [1.29, 1.82) is 0 Å². The number of pyridine rings is 1. The normalized spacial score (nSPS) is 18.8. The van der Waals surface area contributed by atoms with Gasteiger partial charge in [-0.1, -0.05) is 13.0 Å². The van der Waals surface area contributed by atoms with Crippen molar-refractivity contribution in [2.45, 2.75) is 38.1 Å². The Morgan fingerprint density at radius 1 is 1.35 bits per heavy atom. The van der Waals surface area contributed by atoms with E-state index in [4.69, 9.17) is 0 Å². The van der Waals surface area contributed by atoms with Crippen molar-refractivity contribution < 1.29 is 0 Å². The lowest BCUT2D eigenvalue weighted by Crippen LogP contribution is -2.27. The SMILES string of the molecule is CCCNC(c1cncnc1)C1CCc2cccnc21. The average Bonchev–Trinajstić information content (AvgIpc) is 2.93. The Kier molecular flexibility index (Phi) is 4.02. The molecule has 4 nitrogen and oxygen atoms in total. The molecule has 1 aliphatic carbocycles. The van der Waals surface area contributed by atoms with Gasteiger partial charge in [-0.15, -0.1) is 0 Å². The second-order valence-electron chi connectivity index (χ2n) is 5.30. The number of hydrogen-bond acceptors (Lipinski definition) is 4. The van der Waals surface area contributed by atoms with E-state index in [1.54, 1.807) is 6.33 Å². The Morgan fingerprint density at radius 2 is 2.20 bits per heavy atom. The first-order valence-electron chi connectivity index (χ1n) is 7.32. The maximum absolute atomic E-state index is 4.61. The molecule has 0 saturated carbocycles. The summed E-state index contributed by atoms with van der Waals surface area (Å²) in [4.78, 5) is 13.0. The van der Waals surface area contributed by atoms with Crippen molar-refractivity contribution >= 4 is 0 Å². The van der Waals surface area contributed by atoms with E-state index in [1.807, 2.05) is 24.7 Å². The van der Waals surface area contributed by atoms with E-state index in [1.165, 1.54) is 11.3 Å². The first kappa shape index (κ1) is 13.2. The highest BCUT2D eigenvalue weighted by molar-refractivity contribution is 5.32. The molecule has 0 aromatic carbocycles. The molecule has 2 aromatic heterocycles. The van der Waals surface area contributed by atoms with Gasteiger partial charge in [-0.25, -0.2) is 9.97 Å². The van der Waals surface area contributed by atoms with Gasteiger partial charge >= 0.3 is 0 Å². The number of aryl methyl sites for hydroxylation is 1. The van der Waals surface area contributed by atoms with Gasteiger partial charge in [0.05, 0.1) is 0 Å². The second kappa shape index (κ2) is 6.09. The van der Waals surface area contributed by atoms with Crippen LogP contribution < -0.4 is 5.32 Å². The predicted octanol–water partition coefficient (Wildman–Crippen LogP) is 2.64. The van der Waals surface area contributed by atoms with Gasteiger partial charge in [0.1, 0.15) is 6.33 Å². The summed E-state index contributed by atoms with van der Waals surface area (Å²) in [6, 6.07) is 4.48. The third-order valence-electron chi connectivity index (χ3n) is 3.96. The maximum Gasteiger partial charge on any atom is 0.115 e. The third-order valence-corrected chi connectivity index (χ3v) is 3.96. The zero-order chi connectivity index (χ0) is 13.8. The van der Waals surface area contributed by atoms with Crippen molar-refractivity contribution in [3.8, 4) is 0 Å². The molecule has 1 N–H and O–H groups in total. The fourth-order valence-corrected chi connectivity index (χ4v) is 3.03. The number of nitrogens with zero attached hydrogens (tertiary/aromatic N) is 3. The topological polar surface area (TPSA) is 50.7 Å². The van der Waals surface area contributed by atoms with Crippen LogP contribution in [-0.4, -0.2) is 21.5 Å². The molecule has 2 unspecified atom stereocenters. The summed E-state index contributed by atoms with van der Waals surface area (Å²) in [7, 11) is 0. The first-order valence-corrected chi connectivity index (χ1v) is 7.32. The lowest BCUT2D eigenvalue weighted by molar-refractivity contribution is 0.435. The van der Waals surface area contributed by atoms with Crippen LogP contribution in [0.4, 0.5) is 0 Å². The molecule has 1 aliphatic rings. The fourth-order valence-electron chi connectivity index (χ4n) is 3.03. The molecule has 2 heterocycles. The van der Waals surface area contributed by atoms with E-state index in [0.717, 1.165) is 31.4 Å². The molecule has 0 amide bonds. The molecule has 0 saturated heterocycles. The van der Waals surface area contributed by atoms with Crippen LogP contribution in [0.15, 0.2) is 37.1 Å². The van der Waals surface area contributed by atoms with Crippen LogP contribution in [0.5, 0.6) is 0 Å². The van der Waals surface area contributed by atoms with Crippen LogP contribution in [0.3, 0.4) is 0 Å². The molecular weight excluding hydrogens is 248 g/mol. The Labute approximate surface area is 119 Å². The van der Waals surface area contributed by atoms with E-state index in [-0.39, 0.29) is 6.04 Å². The molecule has 0 spiro atoms. The summed E-state index contributed by atoms with van der Waals surface area (Å²) in [5.41, 5.74) is 3.78. The van der Waals surface area contributed by atoms with Gasteiger partial charge in [0.15, 0.2) is 0 Å². The van der Waals surface area contributed by atoms with Crippen molar-refractivity contribution in [3.63, 3.8) is 0 Å². The second-order valence-corrected chi connectivity index (χ2v) is 5.30. The van der Waals surface area contributed by atoms with Gasteiger partial charge in [-0.2, -0.15) is 0 Å². The number of nitrogens with one attached hydrogen (secondary N) is 1. The number of aromatic nitrogens is 3. The van der Waals surface area contributed by atoms with E-state index < -0.39 is 0 Å². The molecule has 4 heteroatoms. The van der Waals surface area contributed by atoms with Gasteiger partial charge < -0.3 is 5.32 Å². The number of hydrogen-bond donors (Lipinski definition) is 1. The molecule has 0 bridgehead atoms. The minimum atomic E-state index is 0.257. The molecule has 20 heavy (non-hydrogen) atoms. The summed E-state index contributed by atoms with van der Waals surface area (Å²) >= 11 is 0. The molecule has 2 atom stereocenters. The van der Waals surface area contributed by atoms with Crippen LogP contribution in [0, 0.1) is 0 Å². The van der Waals surface area contributed by atoms with Crippen molar-refractivity contribution in [3.05, 3.63) is 53.9 Å². The zero-order valence-corrected chi connectivity index (χ0v) is 11.8. The molecular formula is C16H20N4. The summed E-state index contributed by atoms with van der Waals surface area (Å²) in [5, 5.41) is 3.65. The van der Waals surface area contributed by atoms with Gasteiger partial charge in [0.25, 0.3) is 0 Å². The minimum Gasteiger partial charge on any atom is -0.309 e. The van der Waals surface area contributed by atoms with Crippen molar-refractivity contribution in [2.75, 3.05) is 6.54 Å². The Bertz CT molecular complexity index is 555. The molecule has 0 aliphatic heterocycles. The van der Waals surface area contributed by atoms with E-state index in [0.29, 0.717) is 5.92 Å². The Hall–Kier alpha value is -1.81. The highest BCUT2D eigenvalue weighted by Crippen LogP contribution is 2.40. The van der Waals surface area contributed by atoms with Crippen molar-refractivity contribution in [2.24, 2.45) is 0 Å². The van der Waals surface area contributed by atoms with Crippen LogP contribution in [0.1, 0.15) is 48.5 Å². The van der Waals surface area contributed by atoms with Crippen LogP contribution in [-0.2, 0) is 6.42 Å². The predicted molar refractivity (Wildman–Crippen MR) is 78.4 cm³/mol. The molecule has 104 valence electrons. The van der Waals surface area contributed by atoms with E-state index >= 15 is 0 Å². The van der Waals surface area contributed by atoms with Gasteiger partial charge in [0.2, 0.25) is 0 Å². The molecule has 2 aromatic rings. The zero-order valence-electron chi connectivity index (χ0n) is 11.8. The van der Waals surface area contributed by atoms with E-state index in [9.17, 15) is 0 Å². The lowest BCUT2D eigenvalue weighted by atomic mass is 9.92. The monoisotopic (exact) mass is 268 g/mol. The summed E-state index contributed by atoms with van der Waals surface area (Å²) in [6.45, 7) is 3.19. The van der Waals surface area contributed by atoms with Crippen LogP contribution >= 0.6 is 0 Å². The first-order chi connectivity index (χ1) is 9.90. The largest absolute Gasteiger partial charge is 0.309 e. The average molecular weight is 268 g/mol. The highest BCUT2D eigenvalue weighted by Gasteiger charge is 2.31. The smallest absolute Gasteiger partial charge is 0.115 e. The summed E-state index contributed by atoms with van der Waals surface area (Å²) in [5.74, 6) is 0.420. The standard InChI is InChI=1S/C16H20N4/c1-2-7-19-16(13-9-17-11-18-10-13)14-6-5-12-4-3-8-20-15(12)14/h3-4,8-11,14,16,19H,2,5-7H2,1H3. The molecule has 3 rings (SSSR count). The summed E-state index contributed by atoms with van der Waals surface area (Å²) < 4.78 is 0. The number of rotatable bonds is 5. The minimum absolute atomic E-state index is 0.257. The Morgan fingerprint density at radius 3 is 3.00 bits per heavy atom. The van der Waals surface area contributed by atoms with Crippen LogP contribution in [0.25, 0.3) is 0 Å². The van der Waals surface area contributed by atoms with E-state index in [2.05, 4.69) is 33.3 Å². The Balaban J connectivity index is 1.91. The highest BCUT2D eigenvalue weighted by atomic mass is 14.9. The van der Waals surface area contributed by atoms with Gasteiger partial charge in [-0.05, 0) is 37.4 Å². The quantitative estimate of drug-likeness (QED) is 0.905. The third kappa shape index (κ3) is 2.56. The molecule has 0 radical (unpaired) electrons. The van der Waals surface area contributed by atoms with Gasteiger partial charge in [-0.3, -0.25) is 4.98 Å².